The number of aromatic nitrogens is 4. The first-order chi connectivity index (χ1) is 11.4. The predicted molar refractivity (Wildman–Crippen MR) is 80.5 cm³/mol. The quantitative estimate of drug-likeness (QED) is 0.417. The van der Waals surface area contributed by atoms with E-state index in [-0.39, 0.29) is 18.7 Å². The number of carboxylic acid groups (broad SMARTS) is 1. The molecule has 0 bridgehead atoms. The summed E-state index contributed by atoms with van der Waals surface area (Å²) >= 11 is 0. The first kappa shape index (κ1) is 16.5. The lowest BCUT2D eigenvalue weighted by Crippen LogP contribution is -2.34. The van der Waals surface area contributed by atoms with E-state index in [2.05, 4.69) is 15.0 Å². The second-order valence-electron chi connectivity index (χ2n) is 5.65. The molecule has 1 aliphatic heterocycles. The number of hydrogen-bond acceptors (Lipinski definition) is 9. The monoisotopic (exact) mass is 338 g/mol. The molecule has 0 amide bonds. The molecule has 3 rings (SSSR count). The van der Waals surface area contributed by atoms with Crippen LogP contribution in [0.2, 0.25) is 0 Å². The molecule has 0 aromatic carbocycles. The van der Waals surface area contributed by atoms with Gasteiger partial charge >= 0.3 is 5.97 Å². The van der Waals surface area contributed by atoms with Crippen molar-refractivity contribution >= 4 is 23.0 Å². The fourth-order valence-electron chi connectivity index (χ4n) is 2.72. The van der Waals surface area contributed by atoms with Crippen LogP contribution in [0.3, 0.4) is 0 Å². The summed E-state index contributed by atoms with van der Waals surface area (Å²) < 4.78 is 7.14. The number of hydrogen-bond donors (Lipinski definition) is 5. The molecule has 1 unspecified atom stereocenters. The summed E-state index contributed by atoms with van der Waals surface area (Å²) in [5.74, 6) is -0.942. The molecule has 130 valence electrons. The van der Waals surface area contributed by atoms with Crippen molar-refractivity contribution in [3.8, 4) is 0 Å². The summed E-state index contributed by atoms with van der Waals surface area (Å²) in [6.45, 7) is 0. The van der Waals surface area contributed by atoms with Crippen LogP contribution in [0, 0.1) is 0 Å². The number of nitrogens with zero attached hydrogens (tertiary/aromatic N) is 4. The molecule has 3 heterocycles. The van der Waals surface area contributed by atoms with Crippen molar-refractivity contribution in [2.75, 3.05) is 5.73 Å². The molecule has 11 heteroatoms. The summed E-state index contributed by atoms with van der Waals surface area (Å²) in [5, 5.41) is 29.2. The summed E-state index contributed by atoms with van der Waals surface area (Å²) in [6.07, 6.45) is -1.16. The fourth-order valence-corrected chi connectivity index (χ4v) is 2.72. The van der Waals surface area contributed by atoms with E-state index in [1.807, 2.05) is 0 Å². The molecule has 1 saturated heterocycles. The van der Waals surface area contributed by atoms with Gasteiger partial charge in [-0.2, -0.15) is 0 Å². The van der Waals surface area contributed by atoms with Gasteiger partial charge in [0.15, 0.2) is 17.7 Å². The second-order valence-corrected chi connectivity index (χ2v) is 5.65. The van der Waals surface area contributed by atoms with Crippen LogP contribution >= 0.6 is 0 Å². The second kappa shape index (κ2) is 6.28. The van der Waals surface area contributed by atoms with Gasteiger partial charge < -0.3 is 31.5 Å². The Morgan fingerprint density at radius 1 is 1.33 bits per heavy atom. The van der Waals surface area contributed by atoms with Gasteiger partial charge in [0, 0.05) is 0 Å². The largest absolute Gasteiger partial charge is 0.480 e. The van der Waals surface area contributed by atoms with E-state index in [1.54, 1.807) is 0 Å². The minimum absolute atomic E-state index is 0.107. The Labute approximate surface area is 135 Å². The third kappa shape index (κ3) is 2.78. The lowest BCUT2D eigenvalue weighted by Gasteiger charge is -2.16. The average molecular weight is 338 g/mol. The molecule has 1 fully saturated rings. The van der Waals surface area contributed by atoms with E-state index in [9.17, 15) is 15.0 Å². The highest BCUT2D eigenvalue weighted by molar-refractivity contribution is 5.81. The number of carbonyl (C=O) groups is 1. The molecule has 0 radical (unpaired) electrons. The van der Waals surface area contributed by atoms with Crippen molar-refractivity contribution in [2.24, 2.45) is 5.73 Å². The topological polar surface area (TPSA) is 183 Å². The van der Waals surface area contributed by atoms with Crippen LogP contribution in [0.15, 0.2) is 12.7 Å². The molecular formula is C13H18N6O5. The van der Waals surface area contributed by atoms with Crippen molar-refractivity contribution in [2.45, 2.75) is 43.4 Å². The molecule has 11 nitrogen and oxygen atoms in total. The Morgan fingerprint density at radius 3 is 2.79 bits per heavy atom. The number of carboxylic acids is 1. The third-order valence-electron chi connectivity index (χ3n) is 4.08. The zero-order valence-corrected chi connectivity index (χ0v) is 12.6. The van der Waals surface area contributed by atoms with Crippen LogP contribution in [-0.4, -0.2) is 65.2 Å². The normalized spacial score (nSPS) is 28.3. The first-order valence-corrected chi connectivity index (χ1v) is 7.33. The maximum atomic E-state index is 10.8. The van der Waals surface area contributed by atoms with Crippen LogP contribution in [0.25, 0.3) is 11.2 Å². The number of aliphatic carboxylic acids is 1. The lowest BCUT2D eigenvalue weighted by molar-refractivity contribution is -0.138. The lowest BCUT2D eigenvalue weighted by atomic mass is 10.0. The van der Waals surface area contributed by atoms with Crippen molar-refractivity contribution < 1.29 is 24.9 Å². The van der Waals surface area contributed by atoms with Gasteiger partial charge in [-0.15, -0.1) is 0 Å². The number of imidazole rings is 1. The van der Waals surface area contributed by atoms with Crippen LogP contribution in [0.1, 0.15) is 19.1 Å². The van der Waals surface area contributed by atoms with Gasteiger partial charge in [0.05, 0.1) is 12.4 Å². The minimum Gasteiger partial charge on any atom is -0.480 e. The molecule has 24 heavy (non-hydrogen) atoms. The van der Waals surface area contributed by atoms with Crippen LogP contribution in [-0.2, 0) is 9.53 Å². The van der Waals surface area contributed by atoms with E-state index >= 15 is 0 Å². The van der Waals surface area contributed by atoms with Gasteiger partial charge in [0.1, 0.15) is 30.1 Å². The molecule has 5 atom stereocenters. The number of aliphatic hydroxyl groups excluding tert-OH is 2. The number of nitrogen functional groups attached to an aromatic ring is 1. The maximum Gasteiger partial charge on any atom is 0.320 e. The van der Waals surface area contributed by atoms with Gasteiger partial charge in [-0.1, -0.05) is 0 Å². The van der Waals surface area contributed by atoms with Gasteiger partial charge in [-0.3, -0.25) is 9.36 Å². The molecule has 2 aromatic heterocycles. The molecule has 1 aliphatic rings. The summed E-state index contributed by atoms with van der Waals surface area (Å²) in [6, 6.07) is -1.06. The van der Waals surface area contributed by atoms with Gasteiger partial charge in [0.2, 0.25) is 0 Å². The minimum atomic E-state index is -1.23. The van der Waals surface area contributed by atoms with Crippen molar-refractivity contribution in [1.82, 2.24) is 19.5 Å². The number of anilines is 1. The highest BCUT2D eigenvalue weighted by Crippen LogP contribution is 2.33. The first-order valence-electron chi connectivity index (χ1n) is 7.33. The summed E-state index contributed by atoms with van der Waals surface area (Å²) in [7, 11) is 0. The predicted octanol–water partition coefficient (Wildman–Crippen LogP) is -1.78. The van der Waals surface area contributed by atoms with E-state index in [4.69, 9.17) is 21.3 Å². The van der Waals surface area contributed by atoms with E-state index in [1.165, 1.54) is 17.2 Å². The van der Waals surface area contributed by atoms with Crippen LogP contribution in [0.5, 0.6) is 0 Å². The number of nitrogens with two attached hydrogens (primary N) is 2. The maximum absolute atomic E-state index is 10.8. The highest BCUT2D eigenvalue weighted by Gasteiger charge is 2.44. The fraction of sp³-hybridized carbons (Fsp3) is 0.538. The number of rotatable bonds is 5. The molecule has 0 spiro atoms. The van der Waals surface area contributed by atoms with E-state index < -0.39 is 36.6 Å². The average Bonchev–Trinajstić information content (AvgIpc) is 3.09. The van der Waals surface area contributed by atoms with Crippen molar-refractivity contribution in [1.29, 1.82) is 0 Å². The summed E-state index contributed by atoms with van der Waals surface area (Å²) in [5.41, 5.74) is 11.9. The van der Waals surface area contributed by atoms with Crippen LogP contribution < -0.4 is 11.5 Å². The van der Waals surface area contributed by atoms with Gasteiger partial charge in [0.25, 0.3) is 0 Å². The Hall–Kier alpha value is -2.34. The molecule has 0 saturated carbocycles. The number of fused-ring (bicyclic) bond motifs is 1. The number of ether oxygens (including phenoxy) is 1. The van der Waals surface area contributed by atoms with Crippen LogP contribution in [0.4, 0.5) is 5.82 Å². The molecule has 7 N–H and O–H groups in total. The Bertz CT molecular complexity index is 752. The van der Waals surface area contributed by atoms with Gasteiger partial charge in [-0.25, -0.2) is 15.0 Å². The number of aliphatic hydroxyl groups is 2. The third-order valence-corrected chi connectivity index (χ3v) is 4.08. The summed E-state index contributed by atoms with van der Waals surface area (Å²) in [4.78, 5) is 22.7. The Balaban J connectivity index is 1.79. The molecule has 2 aromatic rings. The Morgan fingerprint density at radius 2 is 2.08 bits per heavy atom. The van der Waals surface area contributed by atoms with Crippen molar-refractivity contribution in [3.05, 3.63) is 12.7 Å². The smallest absolute Gasteiger partial charge is 0.320 e. The van der Waals surface area contributed by atoms with Crippen molar-refractivity contribution in [3.63, 3.8) is 0 Å². The Kier molecular flexibility index (Phi) is 4.32. The standard InChI is InChI=1S/C13H18N6O5/c14-5(13(22)23)1-2-6-8(20)9(21)12(24-6)19-4-18-7-10(15)16-3-17-11(7)19/h3-6,8-9,12,20-21H,1-2,14H2,(H,22,23)(H2,15,16,17)/t5?,6-,8-,9-,12-/m1/s1. The zero-order chi connectivity index (χ0) is 17.4. The van der Waals surface area contributed by atoms with E-state index in [0.29, 0.717) is 11.2 Å². The SMILES string of the molecule is Nc1ncnc2c1ncn2[C@@H]1O[C@H](CCC(N)C(=O)O)[C@@H](O)[C@H]1O. The molecular weight excluding hydrogens is 320 g/mol. The van der Waals surface area contributed by atoms with E-state index in [0.717, 1.165) is 0 Å². The molecule has 0 aliphatic carbocycles. The zero-order valence-electron chi connectivity index (χ0n) is 12.6. The highest BCUT2D eigenvalue weighted by atomic mass is 16.6. The van der Waals surface area contributed by atoms with Gasteiger partial charge in [-0.05, 0) is 12.8 Å².